The zero-order valence-corrected chi connectivity index (χ0v) is 13.7. The molecular formula is C17H33N3O. The van der Waals surface area contributed by atoms with E-state index in [1.165, 1.54) is 58.4 Å². The van der Waals surface area contributed by atoms with E-state index < -0.39 is 0 Å². The van der Waals surface area contributed by atoms with Crippen LogP contribution in [0.1, 0.15) is 39.0 Å². The van der Waals surface area contributed by atoms with Gasteiger partial charge in [0, 0.05) is 39.3 Å². The van der Waals surface area contributed by atoms with Crippen LogP contribution in [0.5, 0.6) is 0 Å². The molecule has 2 saturated carbocycles. The van der Waals surface area contributed by atoms with Gasteiger partial charge in [0.25, 0.3) is 0 Å². The fourth-order valence-electron chi connectivity index (χ4n) is 3.77. The van der Waals surface area contributed by atoms with Crippen molar-refractivity contribution >= 4 is 0 Å². The van der Waals surface area contributed by atoms with Crippen LogP contribution in [0.2, 0.25) is 0 Å². The van der Waals surface area contributed by atoms with Gasteiger partial charge in [-0.15, -0.1) is 0 Å². The Morgan fingerprint density at radius 3 is 2.24 bits per heavy atom. The van der Waals surface area contributed by atoms with E-state index in [1.807, 2.05) is 0 Å². The highest BCUT2D eigenvalue weighted by molar-refractivity contribution is 5.03. The minimum atomic E-state index is -0.0331. The number of rotatable bonds is 9. The van der Waals surface area contributed by atoms with Gasteiger partial charge in [0.05, 0.1) is 12.1 Å². The summed E-state index contributed by atoms with van der Waals surface area (Å²) in [4.78, 5) is 5.23. The van der Waals surface area contributed by atoms with Gasteiger partial charge in [0.1, 0.15) is 0 Å². The summed E-state index contributed by atoms with van der Waals surface area (Å²) >= 11 is 0. The maximum absolute atomic E-state index is 10.0. The standard InChI is InChI=1S/C17H33N3O/c1-2-7-18-17(14-21,16-5-6-16)13-20-10-8-19(9-11-20)12-15-3-4-15/h15-16,18,21H,2-14H2,1H3. The van der Waals surface area contributed by atoms with Crippen molar-refractivity contribution in [1.82, 2.24) is 15.1 Å². The molecule has 3 aliphatic rings. The largest absolute Gasteiger partial charge is 0.394 e. The summed E-state index contributed by atoms with van der Waals surface area (Å²) < 4.78 is 0. The second-order valence-corrected chi connectivity index (χ2v) is 7.54. The third-order valence-corrected chi connectivity index (χ3v) is 5.55. The molecule has 122 valence electrons. The first-order valence-electron chi connectivity index (χ1n) is 9.06. The summed E-state index contributed by atoms with van der Waals surface area (Å²) in [7, 11) is 0. The molecule has 1 aliphatic heterocycles. The summed E-state index contributed by atoms with van der Waals surface area (Å²) in [5.41, 5.74) is -0.0331. The number of nitrogens with one attached hydrogen (secondary N) is 1. The van der Waals surface area contributed by atoms with Crippen molar-refractivity contribution in [3.05, 3.63) is 0 Å². The number of hydrogen-bond donors (Lipinski definition) is 2. The predicted octanol–water partition coefficient (Wildman–Crippen LogP) is 1.15. The summed E-state index contributed by atoms with van der Waals surface area (Å²) in [6.07, 6.45) is 6.63. The lowest BCUT2D eigenvalue weighted by atomic mass is 9.92. The molecule has 3 fully saturated rings. The molecule has 0 spiro atoms. The van der Waals surface area contributed by atoms with Crippen molar-refractivity contribution in [3.63, 3.8) is 0 Å². The Labute approximate surface area is 129 Å². The molecule has 3 rings (SSSR count). The molecule has 1 unspecified atom stereocenters. The van der Waals surface area contributed by atoms with Crippen LogP contribution in [0, 0.1) is 11.8 Å². The third-order valence-electron chi connectivity index (χ3n) is 5.55. The Morgan fingerprint density at radius 2 is 1.71 bits per heavy atom. The van der Waals surface area contributed by atoms with Gasteiger partial charge in [-0.25, -0.2) is 0 Å². The van der Waals surface area contributed by atoms with E-state index in [-0.39, 0.29) is 5.54 Å². The Morgan fingerprint density at radius 1 is 1.05 bits per heavy atom. The third kappa shape index (κ3) is 4.19. The zero-order valence-electron chi connectivity index (χ0n) is 13.7. The van der Waals surface area contributed by atoms with E-state index in [2.05, 4.69) is 22.0 Å². The van der Waals surface area contributed by atoms with Crippen LogP contribution in [0.25, 0.3) is 0 Å². The average Bonchev–Trinajstić information content (AvgIpc) is 3.38. The van der Waals surface area contributed by atoms with Crippen molar-refractivity contribution in [2.45, 2.75) is 44.6 Å². The lowest BCUT2D eigenvalue weighted by Gasteiger charge is -2.42. The summed E-state index contributed by atoms with van der Waals surface area (Å²) in [5.74, 6) is 1.70. The maximum atomic E-state index is 10.0. The van der Waals surface area contributed by atoms with Crippen LogP contribution in [-0.2, 0) is 0 Å². The fourth-order valence-corrected chi connectivity index (χ4v) is 3.77. The SMILES string of the molecule is CCCNC(CO)(CN1CCN(CC2CC2)CC1)C1CC1. The molecule has 0 amide bonds. The van der Waals surface area contributed by atoms with Crippen molar-refractivity contribution in [1.29, 1.82) is 0 Å². The Kier molecular flexibility index (Phi) is 5.20. The van der Waals surface area contributed by atoms with Gasteiger partial charge in [0.2, 0.25) is 0 Å². The highest BCUT2D eigenvalue weighted by atomic mass is 16.3. The maximum Gasteiger partial charge on any atom is 0.0628 e. The number of piperazine rings is 1. The van der Waals surface area contributed by atoms with Gasteiger partial charge < -0.3 is 15.3 Å². The van der Waals surface area contributed by atoms with Crippen LogP contribution < -0.4 is 5.32 Å². The molecule has 4 heteroatoms. The molecule has 0 aromatic heterocycles. The first kappa shape index (κ1) is 15.7. The molecule has 21 heavy (non-hydrogen) atoms. The van der Waals surface area contributed by atoms with Gasteiger partial charge in [-0.1, -0.05) is 6.92 Å². The van der Waals surface area contributed by atoms with E-state index in [1.54, 1.807) is 0 Å². The minimum absolute atomic E-state index is 0.0331. The first-order chi connectivity index (χ1) is 10.3. The molecule has 1 atom stereocenters. The molecular weight excluding hydrogens is 262 g/mol. The minimum Gasteiger partial charge on any atom is -0.394 e. The molecule has 0 bridgehead atoms. The van der Waals surface area contributed by atoms with Gasteiger partial charge >= 0.3 is 0 Å². The fraction of sp³-hybridized carbons (Fsp3) is 1.00. The monoisotopic (exact) mass is 295 g/mol. The topological polar surface area (TPSA) is 38.7 Å². The van der Waals surface area contributed by atoms with Crippen molar-refractivity contribution in [2.24, 2.45) is 11.8 Å². The van der Waals surface area contributed by atoms with Gasteiger partial charge in [0.15, 0.2) is 0 Å². The summed E-state index contributed by atoms with van der Waals surface area (Å²) in [5, 5.41) is 13.7. The molecule has 0 aromatic rings. The summed E-state index contributed by atoms with van der Waals surface area (Å²) in [6, 6.07) is 0. The van der Waals surface area contributed by atoms with Crippen LogP contribution >= 0.6 is 0 Å². The van der Waals surface area contributed by atoms with E-state index in [4.69, 9.17) is 0 Å². The Bertz CT molecular complexity index is 322. The van der Waals surface area contributed by atoms with E-state index in [0.717, 1.165) is 25.4 Å². The van der Waals surface area contributed by atoms with Crippen LogP contribution in [-0.4, -0.2) is 72.9 Å². The highest BCUT2D eigenvalue weighted by Gasteiger charge is 2.45. The lowest BCUT2D eigenvalue weighted by molar-refractivity contribution is 0.0589. The number of aliphatic hydroxyl groups excluding tert-OH is 1. The zero-order chi connectivity index (χ0) is 14.7. The molecule has 2 N–H and O–H groups in total. The number of hydrogen-bond acceptors (Lipinski definition) is 4. The van der Waals surface area contributed by atoms with E-state index >= 15 is 0 Å². The van der Waals surface area contributed by atoms with Crippen LogP contribution in [0.4, 0.5) is 0 Å². The van der Waals surface area contributed by atoms with Crippen LogP contribution in [0.15, 0.2) is 0 Å². The Hall–Kier alpha value is -0.160. The van der Waals surface area contributed by atoms with Crippen LogP contribution in [0.3, 0.4) is 0 Å². The molecule has 4 nitrogen and oxygen atoms in total. The quantitative estimate of drug-likeness (QED) is 0.669. The molecule has 0 radical (unpaired) electrons. The molecule has 0 aromatic carbocycles. The van der Waals surface area contributed by atoms with Gasteiger partial charge in [-0.05, 0) is 50.5 Å². The van der Waals surface area contributed by atoms with Gasteiger partial charge in [-0.3, -0.25) is 4.90 Å². The van der Waals surface area contributed by atoms with Gasteiger partial charge in [-0.2, -0.15) is 0 Å². The average molecular weight is 295 g/mol. The van der Waals surface area contributed by atoms with Crippen molar-refractivity contribution < 1.29 is 5.11 Å². The molecule has 1 heterocycles. The number of aliphatic hydroxyl groups is 1. The second-order valence-electron chi connectivity index (χ2n) is 7.54. The Balaban J connectivity index is 1.48. The van der Waals surface area contributed by atoms with Crippen molar-refractivity contribution in [2.75, 3.05) is 52.4 Å². The molecule has 1 saturated heterocycles. The second kappa shape index (κ2) is 6.95. The molecule has 2 aliphatic carbocycles. The first-order valence-corrected chi connectivity index (χ1v) is 9.06. The van der Waals surface area contributed by atoms with E-state index in [9.17, 15) is 5.11 Å². The normalized spacial score (nSPS) is 27.7. The number of nitrogens with zero attached hydrogens (tertiary/aromatic N) is 2. The smallest absolute Gasteiger partial charge is 0.0628 e. The lowest BCUT2D eigenvalue weighted by Crippen LogP contribution is -2.60. The predicted molar refractivity (Wildman–Crippen MR) is 86.4 cm³/mol. The van der Waals surface area contributed by atoms with E-state index in [0.29, 0.717) is 12.5 Å². The van der Waals surface area contributed by atoms with Crippen molar-refractivity contribution in [3.8, 4) is 0 Å². The highest BCUT2D eigenvalue weighted by Crippen LogP contribution is 2.40. The summed E-state index contributed by atoms with van der Waals surface area (Å²) in [6.45, 7) is 10.7.